The van der Waals surface area contributed by atoms with Crippen LogP contribution in [0, 0.1) is 11.6 Å². The molecule has 0 saturated carbocycles. The van der Waals surface area contributed by atoms with Gasteiger partial charge in [0.1, 0.15) is 29.5 Å². The highest BCUT2D eigenvalue weighted by atomic mass is 19.3. The Morgan fingerprint density at radius 3 is 2.33 bits per heavy atom. The van der Waals surface area contributed by atoms with Crippen molar-refractivity contribution in [2.24, 2.45) is 0 Å². The van der Waals surface area contributed by atoms with Crippen molar-refractivity contribution in [3.63, 3.8) is 0 Å². The number of benzene rings is 2. The van der Waals surface area contributed by atoms with Gasteiger partial charge in [0, 0.05) is 31.3 Å². The molecule has 5 aromatic rings. The number of alkyl halides is 2. The molecule has 18 heteroatoms. The summed E-state index contributed by atoms with van der Waals surface area (Å²) in [4.78, 5) is 47.0. The Labute approximate surface area is 348 Å². The highest BCUT2D eigenvalue weighted by Crippen LogP contribution is 2.36. The van der Waals surface area contributed by atoms with E-state index in [9.17, 15) is 23.5 Å². The summed E-state index contributed by atoms with van der Waals surface area (Å²) in [5, 5.41) is 14.3. The lowest BCUT2D eigenvalue weighted by Gasteiger charge is -2.47. The largest absolute Gasteiger partial charge is 0.494 e. The molecule has 1 saturated heterocycles. The maximum absolute atomic E-state index is 15.7. The van der Waals surface area contributed by atoms with E-state index in [1.54, 1.807) is 46.4 Å². The predicted molar refractivity (Wildman–Crippen MR) is 215 cm³/mol. The fourth-order valence-corrected chi connectivity index (χ4v) is 6.94. The van der Waals surface area contributed by atoms with Gasteiger partial charge in [0.15, 0.2) is 28.5 Å². The monoisotopic (exact) mass is 839 g/mol. The van der Waals surface area contributed by atoms with E-state index < -0.39 is 65.9 Å². The maximum atomic E-state index is 15.7. The van der Waals surface area contributed by atoms with Crippen LogP contribution in [0.25, 0.3) is 22.4 Å². The number of hydrogen-bond donors (Lipinski definition) is 2. The zero-order valence-corrected chi connectivity index (χ0v) is 33.9. The number of anilines is 2. The van der Waals surface area contributed by atoms with Gasteiger partial charge in [-0.3, -0.25) is 4.98 Å². The van der Waals surface area contributed by atoms with Gasteiger partial charge in [0.2, 0.25) is 0 Å². The lowest BCUT2D eigenvalue weighted by molar-refractivity contribution is -0.0657. The molecule has 2 amide bonds. The third kappa shape index (κ3) is 9.76. The number of aromatic nitrogens is 5. The normalized spacial score (nSPS) is 17.5. The third-order valence-corrected chi connectivity index (χ3v) is 9.62. The fourth-order valence-electron chi connectivity index (χ4n) is 6.94. The molecule has 0 bridgehead atoms. The van der Waals surface area contributed by atoms with E-state index in [1.165, 1.54) is 23.2 Å². The molecule has 2 aromatic carbocycles. The Bertz CT molecular complexity index is 2420. The van der Waals surface area contributed by atoms with Gasteiger partial charge >= 0.3 is 12.2 Å². The fraction of sp³-hybridized carbons (Fsp3) is 0.429. The van der Waals surface area contributed by atoms with E-state index in [0.717, 1.165) is 18.0 Å². The second-order valence-corrected chi connectivity index (χ2v) is 16.4. The molecule has 2 atom stereocenters. The molecule has 1 aliphatic heterocycles. The average molecular weight is 840 g/mol. The number of carbonyl (C=O) groups excluding carboxylic acids is 2. The van der Waals surface area contributed by atoms with Crippen molar-refractivity contribution >= 4 is 34.9 Å². The number of imidazole rings is 1. The van der Waals surface area contributed by atoms with Crippen molar-refractivity contribution in [3.05, 3.63) is 90.1 Å². The minimum atomic E-state index is -3.10. The SMILES string of the molecule is [2H]C([2H])([2H])Oc1cc(F)c(-c2cc(Cn3cnc4c(N(C(=O)OC(C)(C)C)C(=O)OC(C)(C)C)ncnc43)c(N3CCC[C@](NCc4ccccc4)([C@H](O)C(F)F)C3)cn2)cc1F. The van der Waals surface area contributed by atoms with Gasteiger partial charge < -0.3 is 34.1 Å². The van der Waals surface area contributed by atoms with Crippen LogP contribution in [-0.2, 0) is 22.6 Å². The molecule has 320 valence electrons. The first kappa shape index (κ1) is 39.6. The van der Waals surface area contributed by atoms with Crippen LogP contribution in [0.2, 0.25) is 0 Å². The topological polar surface area (TPSA) is 157 Å². The quantitative estimate of drug-likeness (QED) is 0.126. The van der Waals surface area contributed by atoms with Crippen LogP contribution in [-0.4, -0.2) is 91.2 Å². The average Bonchev–Trinajstić information content (AvgIpc) is 3.60. The lowest BCUT2D eigenvalue weighted by Crippen LogP contribution is -2.65. The van der Waals surface area contributed by atoms with Gasteiger partial charge in [-0.1, -0.05) is 30.3 Å². The summed E-state index contributed by atoms with van der Waals surface area (Å²) in [6.45, 7) is 9.91. The van der Waals surface area contributed by atoms with E-state index >= 15 is 8.78 Å². The van der Waals surface area contributed by atoms with Crippen LogP contribution in [0.5, 0.6) is 5.75 Å². The summed E-state index contributed by atoms with van der Waals surface area (Å²) < 4.78 is 99.1. The molecule has 3 aromatic heterocycles. The minimum Gasteiger partial charge on any atom is -0.494 e. The second-order valence-electron chi connectivity index (χ2n) is 16.4. The zero-order valence-electron chi connectivity index (χ0n) is 36.9. The number of fused-ring (bicyclic) bond motifs is 1. The van der Waals surface area contributed by atoms with Crippen molar-refractivity contribution in [2.75, 3.05) is 29.9 Å². The number of aliphatic hydroxyl groups is 1. The Hall–Kier alpha value is -5.88. The molecule has 14 nitrogen and oxygen atoms in total. The number of hydrogen-bond acceptors (Lipinski definition) is 12. The summed E-state index contributed by atoms with van der Waals surface area (Å²) in [6.07, 6.45) is -3.03. The summed E-state index contributed by atoms with van der Waals surface area (Å²) >= 11 is 0. The summed E-state index contributed by atoms with van der Waals surface area (Å²) in [5.74, 6) is -3.34. The van der Waals surface area contributed by atoms with Gasteiger partial charge in [-0.15, -0.1) is 0 Å². The van der Waals surface area contributed by atoms with Crippen molar-refractivity contribution in [2.45, 2.75) is 96.7 Å². The Balaban J connectivity index is 1.46. The van der Waals surface area contributed by atoms with Crippen molar-refractivity contribution in [1.29, 1.82) is 0 Å². The summed E-state index contributed by atoms with van der Waals surface area (Å²) in [5.41, 5.74) is -2.40. The van der Waals surface area contributed by atoms with Crippen LogP contribution in [0.3, 0.4) is 0 Å². The Morgan fingerprint density at radius 2 is 1.68 bits per heavy atom. The van der Waals surface area contributed by atoms with Gasteiger partial charge in [-0.05, 0) is 77.6 Å². The molecule has 1 fully saturated rings. The smallest absolute Gasteiger partial charge is 0.425 e. The first-order valence-electron chi connectivity index (χ1n) is 20.5. The first-order chi connectivity index (χ1) is 29.4. The number of imide groups is 1. The number of amides is 2. The van der Waals surface area contributed by atoms with E-state index in [2.05, 4.69) is 30.0 Å². The molecule has 6 rings (SSSR count). The predicted octanol–water partition coefficient (Wildman–Crippen LogP) is 7.65. The highest BCUT2D eigenvalue weighted by Gasteiger charge is 2.46. The van der Waals surface area contributed by atoms with Crippen LogP contribution in [0.4, 0.5) is 38.7 Å². The minimum absolute atomic E-state index is 0.0230. The number of carbonyl (C=O) groups is 2. The number of nitrogens with one attached hydrogen (secondary N) is 1. The summed E-state index contributed by atoms with van der Waals surface area (Å²) in [6, 6.07) is 11.9. The molecule has 0 spiro atoms. The standard InChI is InChI=1S/C42H48F4N8O6/c1-40(2,3)59-38(56)54(39(57)60-41(4,5)6)37-33-36(48-23-49-37)53(24-50-33)21-26-16-30(27-17-29(44)32(58-7)18-28(27)43)47-20-31(26)52-15-11-14-42(22-52,34(55)35(45)46)51-19-25-12-9-8-10-13-25/h8-10,12-13,16-18,20,23-24,34-35,51,55H,11,14-15,19,21-22H2,1-7H3/t34-,42-/m1/s1/i7D3. The second kappa shape index (κ2) is 17.4. The zero-order chi connectivity index (χ0) is 46.1. The van der Waals surface area contributed by atoms with Crippen molar-refractivity contribution in [3.8, 4) is 17.0 Å². The van der Waals surface area contributed by atoms with Crippen LogP contribution in [0.15, 0.2) is 67.4 Å². The highest BCUT2D eigenvalue weighted by molar-refractivity contribution is 6.12. The van der Waals surface area contributed by atoms with E-state index in [-0.39, 0.29) is 54.3 Å². The summed E-state index contributed by atoms with van der Waals surface area (Å²) in [7, 11) is -3.06. The van der Waals surface area contributed by atoms with Crippen molar-refractivity contribution < 1.29 is 50.6 Å². The van der Waals surface area contributed by atoms with Crippen LogP contribution < -0.4 is 19.9 Å². The van der Waals surface area contributed by atoms with Gasteiger partial charge in [0.25, 0.3) is 6.43 Å². The van der Waals surface area contributed by atoms with Gasteiger partial charge in [-0.2, -0.15) is 4.90 Å². The number of halogens is 4. The molecule has 4 heterocycles. The maximum Gasteiger partial charge on any atom is 0.425 e. The molecule has 0 unspecified atom stereocenters. The van der Waals surface area contributed by atoms with E-state index in [0.29, 0.717) is 35.2 Å². The Kier molecular flexibility index (Phi) is 11.5. The molecular formula is C42H48F4N8O6. The van der Waals surface area contributed by atoms with Gasteiger partial charge in [-0.25, -0.2) is 42.1 Å². The number of methoxy groups -OCH3 is 1. The molecule has 60 heavy (non-hydrogen) atoms. The molecular weight excluding hydrogens is 789 g/mol. The molecule has 0 radical (unpaired) electrons. The van der Waals surface area contributed by atoms with Crippen molar-refractivity contribution in [1.82, 2.24) is 29.8 Å². The molecule has 2 N–H and O–H groups in total. The molecule has 1 aliphatic rings. The number of rotatable bonds is 11. The Morgan fingerprint density at radius 1 is 0.983 bits per heavy atom. The third-order valence-electron chi connectivity index (χ3n) is 9.62. The molecule has 0 aliphatic carbocycles. The van der Waals surface area contributed by atoms with Crippen LogP contribution >= 0.6 is 0 Å². The van der Waals surface area contributed by atoms with E-state index in [1.807, 2.05) is 30.3 Å². The van der Waals surface area contributed by atoms with E-state index in [4.69, 9.17) is 13.6 Å². The number of aliphatic hydroxyl groups excluding tert-OH is 1. The number of nitrogens with zero attached hydrogens (tertiary/aromatic N) is 7. The number of pyridine rings is 1. The first-order valence-corrected chi connectivity index (χ1v) is 19.0. The number of piperidine rings is 1. The number of ether oxygens (including phenoxy) is 3. The lowest BCUT2D eigenvalue weighted by atomic mass is 9.82. The van der Waals surface area contributed by atoms with Gasteiger partial charge in [0.05, 0.1) is 47.1 Å². The van der Waals surface area contributed by atoms with Crippen LogP contribution in [0.1, 0.15) is 69.6 Å².